The summed E-state index contributed by atoms with van der Waals surface area (Å²) in [6.07, 6.45) is 0. The van der Waals surface area contributed by atoms with E-state index in [1.54, 1.807) is 13.0 Å². The third-order valence-corrected chi connectivity index (χ3v) is 3.59. The summed E-state index contributed by atoms with van der Waals surface area (Å²) in [5, 5.41) is 0. The Labute approximate surface area is 141 Å². The fraction of sp³-hybridized carbons (Fsp3) is 0.150. The van der Waals surface area contributed by atoms with Gasteiger partial charge in [-0.2, -0.15) is 0 Å². The molecule has 1 heterocycles. The molecule has 120 valence electrons. The Kier molecular flexibility index (Phi) is 4.66. The smallest absolute Gasteiger partial charge is 0.357 e. The lowest BCUT2D eigenvalue weighted by Crippen LogP contribution is -2.09. The maximum atomic E-state index is 12.2. The zero-order valence-electron chi connectivity index (χ0n) is 13.7. The van der Waals surface area contributed by atoms with Crippen LogP contribution in [-0.4, -0.2) is 22.5 Å². The number of aromatic nitrogens is 2. The summed E-state index contributed by atoms with van der Waals surface area (Å²) in [6.45, 7) is 4.12. The van der Waals surface area contributed by atoms with Crippen molar-refractivity contribution in [3.8, 4) is 22.6 Å². The molecule has 2 aromatic carbocycles. The van der Waals surface area contributed by atoms with E-state index < -0.39 is 5.97 Å². The van der Waals surface area contributed by atoms with Crippen molar-refractivity contribution in [2.75, 3.05) is 6.61 Å². The van der Waals surface area contributed by atoms with E-state index in [2.05, 4.69) is 9.97 Å². The van der Waals surface area contributed by atoms with Crippen LogP contribution in [0.1, 0.15) is 23.0 Å². The second-order valence-electron chi connectivity index (χ2n) is 5.41. The minimum absolute atomic E-state index is 0.265. The first kappa shape index (κ1) is 15.9. The van der Waals surface area contributed by atoms with Crippen LogP contribution in [0.4, 0.5) is 0 Å². The number of carbonyl (C=O) groups excluding carboxylic acids is 1. The van der Waals surface area contributed by atoms with Gasteiger partial charge in [-0.1, -0.05) is 60.2 Å². The minimum Gasteiger partial charge on any atom is -0.461 e. The highest BCUT2D eigenvalue weighted by molar-refractivity contribution is 5.89. The Morgan fingerprint density at radius 3 is 2.33 bits per heavy atom. The summed E-state index contributed by atoms with van der Waals surface area (Å²) in [6, 6.07) is 19.3. The predicted octanol–water partition coefficient (Wildman–Crippen LogP) is 4.30. The lowest BCUT2D eigenvalue weighted by atomic mass is 10.1. The van der Waals surface area contributed by atoms with Gasteiger partial charge < -0.3 is 4.74 Å². The van der Waals surface area contributed by atoms with Crippen LogP contribution in [0.2, 0.25) is 0 Å². The number of carbonyl (C=O) groups is 1. The van der Waals surface area contributed by atoms with Gasteiger partial charge in [-0.3, -0.25) is 0 Å². The summed E-state index contributed by atoms with van der Waals surface area (Å²) in [5.41, 5.74) is 3.93. The van der Waals surface area contributed by atoms with Crippen molar-refractivity contribution < 1.29 is 9.53 Å². The number of rotatable bonds is 4. The van der Waals surface area contributed by atoms with Crippen molar-refractivity contribution in [1.29, 1.82) is 0 Å². The van der Waals surface area contributed by atoms with Gasteiger partial charge in [0.25, 0.3) is 0 Å². The molecule has 0 fully saturated rings. The zero-order valence-corrected chi connectivity index (χ0v) is 13.7. The zero-order chi connectivity index (χ0) is 16.9. The van der Waals surface area contributed by atoms with E-state index >= 15 is 0 Å². The topological polar surface area (TPSA) is 52.1 Å². The van der Waals surface area contributed by atoms with Gasteiger partial charge in [-0.15, -0.1) is 0 Å². The van der Waals surface area contributed by atoms with Crippen molar-refractivity contribution in [3.63, 3.8) is 0 Å². The highest BCUT2D eigenvalue weighted by atomic mass is 16.5. The van der Waals surface area contributed by atoms with Crippen molar-refractivity contribution in [3.05, 3.63) is 71.9 Å². The maximum absolute atomic E-state index is 12.2. The minimum atomic E-state index is -0.439. The van der Waals surface area contributed by atoms with Crippen molar-refractivity contribution >= 4 is 5.97 Å². The molecule has 3 aromatic rings. The van der Waals surface area contributed by atoms with Gasteiger partial charge in [-0.25, -0.2) is 14.8 Å². The quantitative estimate of drug-likeness (QED) is 0.673. The largest absolute Gasteiger partial charge is 0.461 e. The third kappa shape index (κ3) is 3.49. The molecule has 0 spiro atoms. The van der Waals surface area contributed by atoms with Gasteiger partial charge in [0.15, 0.2) is 11.5 Å². The number of aryl methyl sites for hydroxylation is 1. The molecule has 0 aliphatic carbocycles. The Morgan fingerprint density at radius 2 is 1.67 bits per heavy atom. The third-order valence-electron chi connectivity index (χ3n) is 3.59. The number of ether oxygens (including phenoxy) is 1. The van der Waals surface area contributed by atoms with E-state index in [0.29, 0.717) is 18.1 Å². The molecular formula is C20H18N2O2. The molecular weight excluding hydrogens is 300 g/mol. The number of hydrogen-bond acceptors (Lipinski definition) is 4. The van der Waals surface area contributed by atoms with Crippen LogP contribution < -0.4 is 0 Å². The fourth-order valence-electron chi connectivity index (χ4n) is 2.35. The number of esters is 1. The summed E-state index contributed by atoms with van der Waals surface area (Å²) in [5.74, 6) is 0.0715. The molecule has 0 radical (unpaired) electrons. The second kappa shape index (κ2) is 7.04. The van der Waals surface area contributed by atoms with E-state index in [1.165, 1.54) is 5.56 Å². The van der Waals surface area contributed by atoms with Gasteiger partial charge >= 0.3 is 5.97 Å². The Balaban J connectivity index is 2.12. The SMILES string of the molecule is CCOC(=O)c1cc(-c2ccc(C)cc2)nc(-c2ccccc2)n1. The molecule has 0 bridgehead atoms. The maximum Gasteiger partial charge on any atom is 0.357 e. The van der Waals surface area contributed by atoms with E-state index in [0.717, 1.165) is 11.1 Å². The van der Waals surface area contributed by atoms with E-state index in [4.69, 9.17) is 4.74 Å². The highest BCUT2D eigenvalue weighted by Gasteiger charge is 2.14. The van der Waals surface area contributed by atoms with Crippen molar-refractivity contribution in [1.82, 2.24) is 9.97 Å². The van der Waals surface area contributed by atoms with Crippen LogP contribution in [0.3, 0.4) is 0 Å². The van der Waals surface area contributed by atoms with Gasteiger partial charge in [0.05, 0.1) is 12.3 Å². The molecule has 0 aliphatic rings. The number of benzene rings is 2. The van der Waals surface area contributed by atoms with Crippen molar-refractivity contribution in [2.24, 2.45) is 0 Å². The summed E-state index contributed by atoms with van der Waals surface area (Å²) in [7, 11) is 0. The molecule has 4 nitrogen and oxygen atoms in total. The van der Waals surface area contributed by atoms with E-state index in [9.17, 15) is 4.79 Å². The summed E-state index contributed by atoms with van der Waals surface area (Å²) < 4.78 is 5.10. The van der Waals surface area contributed by atoms with Crippen LogP contribution in [0.15, 0.2) is 60.7 Å². The molecule has 0 amide bonds. The van der Waals surface area contributed by atoms with Crippen LogP contribution in [0, 0.1) is 6.92 Å². The molecule has 4 heteroatoms. The van der Waals surface area contributed by atoms with Gasteiger partial charge in [0.1, 0.15) is 0 Å². The van der Waals surface area contributed by atoms with Crippen LogP contribution in [0.5, 0.6) is 0 Å². The Bertz CT molecular complexity index is 843. The van der Waals surface area contributed by atoms with E-state index in [1.807, 2.05) is 61.5 Å². The monoisotopic (exact) mass is 318 g/mol. The Hall–Kier alpha value is -3.01. The lowest BCUT2D eigenvalue weighted by Gasteiger charge is -2.08. The van der Waals surface area contributed by atoms with Crippen LogP contribution in [0.25, 0.3) is 22.6 Å². The standard InChI is InChI=1S/C20H18N2O2/c1-3-24-20(23)18-13-17(15-11-9-14(2)10-12-15)21-19(22-18)16-7-5-4-6-8-16/h4-13H,3H2,1-2H3. The average Bonchev–Trinajstić information content (AvgIpc) is 2.63. The lowest BCUT2D eigenvalue weighted by molar-refractivity contribution is 0.0519. The Morgan fingerprint density at radius 1 is 0.958 bits per heavy atom. The van der Waals surface area contributed by atoms with Crippen LogP contribution >= 0.6 is 0 Å². The molecule has 0 N–H and O–H groups in total. The highest BCUT2D eigenvalue weighted by Crippen LogP contribution is 2.23. The molecule has 0 aliphatic heterocycles. The van der Waals surface area contributed by atoms with Crippen molar-refractivity contribution in [2.45, 2.75) is 13.8 Å². The second-order valence-corrected chi connectivity index (χ2v) is 5.41. The first-order valence-corrected chi connectivity index (χ1v) is 7.86. The number of nitrogens with zero attached hydrogens (tertiary/aromatic N) is 2. The number of hydrogen-bond donors (Lipinski definition) is 0. The molecule has 1 aromatic heterocycles. The normalized spacial score (nSPS) is 10.4. The van der Waals surface area contributed by atoms with Gasteiger partial charge in [0.2, 0.25) is 0 Å². The molecule has 0 unspecified atom stereocenters. The van der Waals surface area contributed by atoms with Gasteiger partial charge in [-0.05, 0) is 19.9 Å². The first-order chi connectivity index (χ1) is 11.7. The van der Waals surface area contributed by atoms with E-state index in [-0.39, 0.29) is 5.69 Å². The van der Waals surface area contributed by atoms with Crippen LogP contribution in [-0.2, 0) is 4.74 Å². The summed E-state index contributed by atoms with van der Waals surface area (Å²) in [4.78, 5) is 21.2. The molecule has 0 atom stereocenters. The van der Waals surface area contributed by atoms with Gasteiger partial charge in [0, 0.05) is 11.1 Å². The molecule has 0 saturated carbocycles. The predicted molar refractivity (Wildman–Crippen MR) is 93.6 cm³/mol. The molecule has 3 rings (SSSR count). The summed E-state index contributed by atoms with van der Waals surface area (Å²) >= 11 is 0. The first-order valence-electron chi connectivity index (χ1n) is 7.86. The molecule has 0 saturated heterocycles. The average molecular weight is 318 g/mol. The molecule has 24 heavy (non-hydrogen) atoms. The fourth-order valence-corrected chi connectivity index (χ4v) is 2.35.